The lowest BCUT2D eigenvalue weighted by Gasteiger charge is -2.32. The first-order valence-corrected chi connectivity index (χ1v) is 6.52. The summed E-state index contributed by atoms with van der Waals surface area (Å²) in [6.07, 6.45) is 1.73. The number of fused-ring (bicyclic) bond motifs is 1. The molecular weight excluding hydrogens is 242 g/mol. The largest absolute Gasteiger partial charge is 0.374 e. The highest BCUT2D eigenvalue weighted by Crippen LogP contribution is 2.32. The Morgan fingerprint density at radius 1 is 1.37 bits per heavy atom. The first-order chi connectivity index (χ1) is 9.24. The summed E-state index contributed by atoms with van der Waals surface area (Å²) in [5.41, 5.74) is 7.78. The number of rotatable bonds is 3. The van der Waals surface area contributed by atoms with Crippen LogP contribution >= 0.6 is 0 Å². The van der Waals surface area contributed by atoms with Crippen LogP contribution in [0.4, 0.5) is 0 Å². The van der Waals surface area contributed by atoms with Crippen LogP contribution in [-0.2, 0) is 23.3 Å². The lowest BCUT2D eigenvalue weighted by Crippen LogP contribution is -2.46. The van der Waals surface area contributed by atoms with Gasteiger partial charge in [-0.15, -0.1) is 0 Å². The molecule has 100 valence electrons. The van der Waals surface area contributed by atoms with E-state index in [0.29, 0.717) is 24.9 Å². The summed E-state index contributed by atoms with van der Waals surface area (Å²) >= 11 is 0. The van der Waals surface area contributed by atoms with Crippen LogP contribution in [0, 0.1) is 0 Å². The number of hydrogen-bond donors (Lipinski definition) is 1. The summed E-state index contributed by atoms with van der Waals surface area (Å²) in [5.74, 6) is 1.13. The Labute approximate surface area is 111 Å². The third-order valence-corrected chi connectivity index (χ3v) is 3.42. The van der Waals surface area contributed by atoms with Gasteiger partial charge in [0, 0.05) is 6.42 Å². The van der Waals surface area contributed by atoms with E-state index in [1.807, 2.05) is 24.3 Å². The fraction of sp³-hybridized carbons (Fsp3) is 0.429. The number of aromatic nitrogens is 2. The Bertz CT molecular complexity index is 582. The molecule has 0 amide bonds. The Balaban J connectivity index is 2.03. The van der Waals surface area contributed by atoms with Crippen molar-refractivity contribution in [3.63, 3.8) is 0 Å². The van der Waals surface area contributed by atoms with Gasteiger partial charge in [0.05, 0.1) is 13.2 Å². The molecule has 2 N–H and O–H groups in total. The SMILES string of the molecule is CCCc1nc(C2(N)COCc3ccccc32)no1. The van der Waals surface area contributed by atoms with E-state index in [0.717, 1.165) is 24.0 Å². The van der Waals surface area contributed by atoms with Crippen molar-refractivity contribution in [3.05, 3.63) is 47.1 Å². The van der Waals surface area contributed by atoms with Gasteiger partial charge in [0.2, 0.25) is 5.89 Å². The first kappa shape index (κ1) is 12.3. The predicted molar refractivity (Wildman–Crippen MR) is 69.4 cm³/mol. The standard InChI is InChI=1S/C14H17N3O2/c1-2-5-12-16-13(17-19-12)14(15)9-18-8-10-6-3-4-7-11(10)14/h3-4,6-7H,2,5,8-9,15H2,1H3. The smallest absolute Gasteiger partial charge is 0.226 e. The van der Waals surface area contributed by atoms with Gasteiger partial charge in [-0.1, -0.05) is 36.3 Å². The number of nitrogens with two attached hydrogens (primary N) is 1. The molecule has 0 radical (unpaired) electrons. The Kier molecular flexibility index (Phi) is 3.08. The molecule has 0 fully saturated rings. The van der Waals surface area contributed by atoms with Crippen molar-refractivity contribution < 1.29 is 9.26 Å². The number of ether oxygens (including phenoxy) is 1. The van der Waals surface area contributed by atoms with E-state index in [1.165, 1.54) is 0 Å². The maximum Gasteiger partial charge on any atom is 0.226 e. The van der Waals surface area contributed by atoms with Gasteiger partial charge in [-0.05, 0) is 17.5 Å². The highest BCUT2D eigenvalue weighted by atomic mass is 16.5. The molecule has 0 spiro atoms. The van der Waals surface area contributed by atoms with Gasteiger partial charge in [0.15, 0.2) is 5.82 Å². The van der Waals surface area contributed by atoms with E-state index in [9.17, 15) is 0 Å². The summed E-state index contributed by atoms with van der Waals surface area (Å²) in [5, 5.41) is 4.04. The molecule has 5 nitrogen and oxygen atoms in total. The minimum absolute atomic E-state index is 0.370. The van der Waals surface area contributed by atoms with Crippen molar-refractivity contribution >= 4 is 0 Å². The van der Waals surface area contributed by atoms with Gasteiger partial charge in [0.1, 0.15) is 5.54 Å². The molecule has 0 aliphatic carbocycles. The van der Waals surface area contributed by atoms with Crippen molar-refractivity contribution in [2.45, 2.75) is 31.9 Å². The van der Waals surface area contributed by atoms with Gasteiger partial charge in [-0.2, -0.15) is 4.98 Å². The number of aryl methyl sites for hydroxylation is 1. The highest BCUT2D eigenvalue weighted by molar-refractivity contribution is 5.39. The first-order valence-electron chi connectivity index (χ1n) is 6.52. The second kappa shape index (κ2) is 4.75. The maximum absolute atomic E-state index is 6.49. The Hall–Kier alpha value is -1.72. The maximum atomic E-state index is 6.49. The van der Waals surface area contributed by atoms with Crippen LogP contribution in [-0.4, -0.2) is 16.7 Å². The zero-order chi connectivity index (χ0) is 13.3. The zero-order valence-electron chi connectivity index (χ0n) is 10.9. The minimum Gasteiger partial charge on any atom is -0.374 e. The van der Waals surface area contributed by atoms with Gasteiger partial charge in [0.25, 0.3) is 0 Å². The predicted octanol–water partition coefficient (Wildman–Crippen LogP) is 1.75. The second-order valence-electron chi connectivity index (χ2n) is 4.88. The van der Waals surface area contributed by atoms with Gasteiger partial charge in [-0.3, -0.25) is 0 Å². The molecular formula is C14H17N3O2. The number of hydrogen-bond acceptors (Lipinski definition) is 5. The fourth-order valence-electron chi connectivity index (χ4n) is 2.42. The molecule has 1 aliphatic heterocycles. The number of nitrogens with zero attached hydrogens (tertiary/aromatic N) is 2. The van der Waals surface area contributed by atoms with Gasteiger partial charge >= 0.3 is 0 Å². The average molecular weight is 259 g/mol. The quantitative estimate of drug-likeness (QED) is 0.909. The molecule has 2 heterocycles. The Morgan fingerprint density at radius 2 is 2.21 bits per heavy atom. The van der Waals surface area contributed by atoms with Crippen LogP contribution in [0.15, 0.2) is 28.8 Å². The zero-order valence-corrected chi connectivity index (χ0v) is 10.9. The molecule has 2 aromatic rings. The van der Waals surface area contributed by atoms with Crippen LogP contribution in [0.3, 0.4) is 0 Å². The lowest BCUT2D eigenvalue weighted by molar-refractivity contribution is 0.0635. The summed E-state index contributed by atoms with van der Waals surface area (Å²) in [6, 6.07) is 7.97. The second-order valence-corrected chi connectivity index (χ2v) is 4.88. The van der Waals surface area contributed by atoms with E-state index in [2.05, 4.69) is 17.1 Å². The average Bonchev–Trinajstić information content (AvgIpc) is 2.89. The third-order valence-electron chi connectivity index (χ3n) is 3.42. The summed E-state index contributed by atoms with van der Waals surface area (Å²) in [6.45, 7) is 3.02. The van der Waals surface area contributed by atoms with Crippen LogP contribution in [0.2, 0.25) is 0 Å². The van der Waals surface area contributed by atoms with E-state index in [-0.39, 0.29) is 0 Å². The normalized spacial score (nSPS) is 22.2. The molecule has 0 saturated heterocycles. The van der Waals surface area contributed by atoms with Crippen molar-refractivity contribution in [3.8, 4) is 0 Å². The van der Waals surface area contributed by atoms with Crippen molar-refractivity contribution in [2.75, 3.05) is 6.61 Å². The van der Waals surface area contributed by atoms with Gasteiger partial charge < -0.3 is 15.0 Å². The van der Waals surface area contributed by atoms with Crippen molar-refractivity contribution in [1.29, 1.82) is 0 Å². The number of benzene rings is 1. The van der Waals surface area contributed by atoms with Crippen LogP contribution < -0.4 is 5.73 Å². The third kappa shape index (κ3) is 2.05. The van der Waals surface area contributed by atoms with Crippen LogP contribution in [0.1, 0.15) is 36.2 Å². The summed E-state index contributed by atoms with van der Waals surface area (Å²) < 4.78 is 10.8. The lowest BCUT2D eigenvalue weighted by atomic mass is 9.86. The molecule has 5 heteroatoms. The van der Waals surface area contributed by atoms with E-state index in [4.69, 9.17) is 15.0 Å². The molecule has 0 saturated carbocycles. The van der Waals surface area contributed by atoms with Crippen LogP contribution in [0.25, 0.3) is 0 Å². The summed E-state index contributed by atoms with van der Waals surface area (Å²) in [7, 11) is 0. The molecule has 1 atom stereocenters. The fourth-order valence-corrected chi connectivity index (χ4v) is 2.42. The van der Waals surface area contributed by atoms with E-state index >= 15 is 0 Å². The van der Waals surface area contributed by atoms with Gasteiger partial charge in [-0.25, -0.2) is 0 Å². The monoisotopic (exact) mass is 259 g/mol. The van der Waals surface area contributed by atoms with E-state index < -0.39 is 5.54 Å². The molecule has 1 aliphatic rings. The van der Waals surface area contributed by atoms with Crippen molar-refractivity contribution in [2.24, 2.45) is 5.73 Å². The molecule has 1 aromatic heterocycles. The highest BCUT2D eigenvalue weighted by Gasteiger charge is 2.39. The molecule has 3 rings (SSSR count). The van der Waals surface area contributed by atoms with Crippen LogP contribution in [0.5, 0.6) is 0 Å². The molecule has 19 heavy (non-hydrogen) atoms. The summed E-state index contributed by atoms with van der Waals surface area (Å²) in [4.78, 5) is 4.41. The van der Waals surface area contributed by atoms with E-state index in [1.54, 1.807) is 0 Å². The molecule has 0 bridgehead atoms. The molecule has 1 aromatic carbocycles. The Morgan fingerprint density at radius 3 is 3.05 bits per heavy atom. The molecule has 1 unspecified atom stereocenters. The van der Waals surface area contributed by atoms with Crippen molar-refractivity contribution in [1.82, 2.24) is 10.1 Å². The minimum atomic E-state index is -0.815. The topological polar surface area (TPSA) is 74.2 Å².